The molecule has 0 spiro atoms. The van der Waals surface area contributed by atoms with Crippen molar-refractivity contribution in [3.63, 3.8) is 0 Å². The Morgan fingerprint density at radius 2 is 2.12 bits per heavy atom. The lowest BCUT2D eigenvalue weighted by atomic mass is 10.0. The van der Waals surface area contributed by atoms with Crippen LogP contribution in [0.1, 0.15) is 49.2 Å². The van der Waals surface area contributed by atoms with E-state index in [0.29, 0.717) is 11.0 Å². The average Bonchev–Trinajstić information content (AvgIpc) is 2.95. The fourth-order valence-electron chi connectivity index (χ4n) is 2.16. The molecule has 0 unspecified atom stereocenters. The normalized spacial score (nSPS) is 10.9. The molecule has 0 aliphatic carbocycles. The van der Waals surface area contributed by atoms with Gasteiger partial charge in [0.15, 0.2) is 6.61 Å². The zero-order valence-corrected chi connectivity index (χ0v) is 16.8. The highest BCUT2D eigenvalue weighted by Crippen LogP contribution is 2.32. The van der Waals surface area contributed by atoms with E-state index in [1.165, 1.54) is 11.3 Å². The number of nitrogens with one attached hydrogen (secondary N) is 1. The zero-order valence-electron chi connectivity index (χ0n) is 14.4. The van der Waals surface area contributed by atoms with Gasteiger partial charge in [-0.3, -0.25) is 10.1 Å². The standard InChI is InChI=1S/C17H22BrN3O2S/c1-5-6-16-20-21-17(24-16)19-15(22)9-23-14-7-11(4)13(18)8-12(14)10(2)3/h7-8,10H,5-6,9H2,1-4H3,(H,19,21,22). The molecule has 7 heteroatoms. The third-order valence-electron chi connectivity index (χ3n) is 3.45. The fraction of sp³-hybridized carbons (Fsp3) is 0.471. The Bertz CT molecular complexity index is 716. The highest BCUT2D eigenvalue weighted by Gasteiger charge is 2.13. The summed E-state index contributed by atoms with van der Waals surface area (Å²) in [6.45, 7) is 8.22. The van der Waals surface area contributed by atoms with E-state index in [0.717, 1.165) is 39.2 Å². The summed E-state index contributed by atoms with van der Waals surface area (Å²) >= 11 is 4.94. The monoisotopic (exact) mass is 411 g/mol. The summed E-state index contributed by atoms with van der Waals surface area (Å²) in [5, 5.41) is 12.2. The first-order chi connectivity index (χ1) is 11.4. The molecular weight excluding hydrogens is 390 g/mol. The molecule has 5 nitrogen and oxygen atoms in total. The maximum Gasteiger partial charge on any atom is 0.264 e. The number of nitrogens with zero attached hydrogens (tertiary/aromatic N) is 2. The molecular formula is C17H22BrN3O2S. The quantitative estimate of drug-likeness (QED) is 0.716. The van der Waals surface area contributed by atoms with Gasteiger partial charge in [-0.25, -0.2) is 0 Å². The molecule has 1 aromatic carbocycles. The Morgan fingerprint density at radius 1 is 1.38 bits per heavy atom. The Kier molecular flexibility index (Phi) is 6.74. The molecule has 2 aromatic rings. The van der Waals surface area contributed by atoms with Crippen molar-refractivity contribution in [2.24, 2.45) is 0 Å². The Morgan fingerprint density at radius 3 is 2.79 bits per heavy atom. The van der Waals surface area contributed by atoms with E-state index in [1.54, 1.807) is 0 Å². The van der Waals surface area contributed by atoms with Crippen LogP contribution >= 0.6 is 27.3 Å². The van der Waals surface area contributed by atoms with Crippen LogP contribution in [-0.4, -0.2) is 22.7 Å². The molecule has 2 rings (SSSR count). The lowest BCUT2D eigenvalue weighted by Gasteiger charge is -2.15. The summed E-state index contributed by atoms with van der Waals surface area (Å²) in [7, 11) is 0. The van der Waals surface area contributed by atoms with Crippen molar-refractivity contribution in [2.75, 3.05) is 11.9 Å². The van der Waals surface area contributed by atoms with Crippen LogP contribution in [-0.2, 0) is 11.2 Å². The number of rotatable bonds is 7. The van der Waals surface area contributed by atoms with Crippen LogP contribution in [0.25, 0.3) is 0 Å². The molecule has 1 N–H and O–H groups in total. The largest absolute Gasteiger partial charge is 0.483 e. The van der Waals surface area contributed by atoms with Crippen molar-refractivity contribution in [3.05, 3.63) is 32.7 Å². The number of carbonyl (C=O) groups excluding carboxylic acids is 1. The molecule has 24 heavy (non-hydrogen) atoms. The van der Waals surface area contributed by atoms with E-state index in [9.17, 15) is 4.79 Å². The van der Waals surface area contributed by atoms with Crippen molar-refractivity contribution in [1.29, 1.82) is 0 Å². The lowest BCUT2D eigenvalue weighted by Crippen LogP contribution is -2.20. The average molecular weight is 412 g/mol. The minimum atomic E-state index is -0.232. The van der Waals surface area contributed by atoms with E-state index < -0.39 is 0 Å². The van der Waals surface area contributed by atoms with Crippen LogP contribution in [0.5, 0.6) is 5.75 Å². The third-order valence-corrected chi connectivity index (χ3v) is 5.20. The van der Waals surface area contributed by atoms with E-state index >= 15 is 0 Å². The molecule has 130 valence electrons. The smallest absolute Gasteiger partial charge is 0.264 e. The van der Waals surface area contributed by atoms with Gasteiger partial charge in [0.25, 0.3) is 5.91 Å². The maximum atomic E-state index is 12.1. The van der Waals surface area contributed by atoms with E-state index in [1.807, 2.05) is 13.0 Å². The number of amides is 1. The molecule has 1 aromatic heterocycles. The molecule has 0 bridgehead atoms. The Labute approximate surface area is 155 Å². The number of halogens is 1. The second kappa shape index (κ2) is 8.58. The SMILES string of the molecule is CCCc1nnc(NC(=O)COc2cc(C)c(Br)cc2C(C)C)s1. The van der Waals surface area contributed by atoms with Crippen LogP contribution in [0.2, 0.25) is 0 Å². The number of hydrogen-bond acceptors (Lipinski definition) is 5. The van der Waals surface area contributed by atoms with Gasteiger partial charge in [0.1, 0.15) is 10.8 Å². The van der Waals surface area contributed by atoms with Crippen LogP contribution in [0.3, 0.4) is 0 Å². The van der Waals surface area contributed by atoms with Crippen LogP contribution in [0, 0.1) is 6.92 Å². The van der Waals surface area contributed by atoms with Gasteiger partial charge in [-0.1, -0.05) is 48.0 Å². The zero-order chi connectivity index (χ0) is 17.7. The third kappa shape index (κ3) is 5.01. The van der Waals surface area contributed by atoms with Crippen molar-refractivity contribution >= 4 is 38.3 Å². The predicted molar refractivity (Wildman–Crippen MR) is 101 cm³/mol. The number of aromatic nitrogens is 2. The molecule has 0 saturated heterocycles. The topological polar surface area (TPSA) is 64.1 Å². The van der Waals surface area contributed by atoms with Gasteiger partial charge in [-0.05, 0) is 42.5 Å². The van der Waals surface area contributed by atoms with Gasteiger partial charge in [0.2, 0.25) is 5.13 Å². The number of ether oxygens (including phenoxy) is 1. The van der Waals surface area contributed by atoms with Crippen molar-refractivity contribution in [3.8, 4) is 5.75 Å². The minimum Gasteiger partial charge on any atom is -0.483 e. The second-order valence-corrected chi connectivity index (χ2v) is 7.80. The summed E-state index contributed by atoms with van der Waals surface area (Å²) in [5.74, 6) is 0.814. The van der Waals surface area contributed by atoms with Gasteiger partial charge in [-0.2, -0.15) is 0 Å². The van der Waals surface area contributed by atoms with Gasteiger partial charge < -0.3 is 4.74 Å². The van der Waals surface area contributed by atoms with Gasteiger partial charge in [0.05, 0.1) is 0 Å². The number of anilines is 1. The molecule has 0 aliphatic rings. The van der Waals surface area contributed by atoms with Gasteiger partial charge in [0, 0.05) is 10.9 Å². The number of aryl methyl sites for hydroxylation is 2. The van der Waals surface area contributed by atoms with E-state index in [-0.39, 0.29) is 12.5 Å². The van der Waals surface area contributed by atoms with E-state index in [2.05, 4.69) is 58.3 Å². The first-order valence-corrected chi connectivity index (χ1v) is 9.56. The highest BCUT2D eigenvalue weighted by atomic mass is 79.9. The van der Waals surface area contributed by atoms with E-state index in [4.69, 9.17) is 4.74 Å². The molecule has 0 aliphatic heterocycles. The summed E-state index contributed by atoms with van der Waals surface area (Å²) in [5.41, 5.74) is 2.14. The van der Waals surface area contributed by atoms with Crippen molar-refractivity contribution in [2.45, 2.75) is 46.5 Å². The Hall–Kier alpha value is -1.47. The molecule has 0 radical (unpaired) electrons. The van der Waals surface area contributed by atoms with Crippen molar-refractivity contribution < 1.29 is 9.53 Å². The van der Waals surface area contributed by atoms with Gasteiger partial charge >= 0.3 is 0 Å². The summed E-state index contributed by atoms with van der Waals surface area (Å²) in [6.07, 6.45) is 1.88. The molecule has 0 saturated carbocycles. The second-order valence-electron chi connectivity index (χ2n) is 5.88. The highest BCUT2D eigenvalue weighted by molar-refractivity contribution is 9.10. The summed E-state index contributed by atoms with van der Waals surface area (Å²) in [4.78, 5) is 12.1. The molecule has 0 atom stereocenters. The van der Waals surface area contributed by atoms with Gasteiger partial charge in [-0.15, -0.1) is 10.2 Å². The number of hydrogen-bond donors (Lipinski definition) is 1. The molecule has 0 fully saturated rings. The molecule has 1 heterocycles. The first-order valence-electron chi connectivity index (χ1n) is 7.95. The first kappa shape index (κ1) is 18.9. The minimum absolute atomic E-state index is 0.0521. The van der Waals surface area contributed by atoms with Crippen molar-refractivity contribution in [1.82, 2.24) is 10.2 Å². The van der Waals surface area contributed by atoms with Crippen LogP contribution in [0.15, 0.2) is 16.6 Å². The molecule has 1 amide bonds. The lowest BCUT2D eigenvalue weighted by molar-refractivity contribution is -0.118. The summed E-state index contributed by atoms with van der Waals surface area (Å²) < 4.78 is 6.79. The Balaban J connectivity index is 1.99. The van der Waals surface area contributed by atoms with Crippen LogP contribution in [0.4, 0.5) is 5.13 Å². The summed E-state index contributed by atoms with van der Waals surface area (Å²) in [6, 6.07) is 4.01. The predicted octanol–water partition coefficient (Wildman–Crippen LogP) is 4.70. The van der Waals surface area contributed by atoms with Crippen LogP contribution < -0.4 is 10.1 Å². The number of carbonyl (C=O) groups is 1. The fourth-order valence-corrected chi connectivity index (χ4v) is 3.38. The number of benzene rings is 1. The maximum absolute atomic E-state index is 12.1.